The van der Waals surface area contributed by atoms with E-state index in [9.17, 15) is 0 Å². The van der Waals surface area contributed by atoms with Crippen molar-refractivity contribution in [2.24, 2.45) is 0 Å². The van der Waals surface area contributed by atoms with E-state index in [2.05, 4.69) is 346 Å². The largest absolute Gasteiger partial charge is 0.456 e. The van der Waals surface area contributed by atoms with Crippen LogP contribution in [0.3, 0.4) is 0 Å². The molecule has 0 aliphatic heterocycles. The molecular formula is C121H69N9O4. The molecule has 0 aliphatic carbocycles. The lowest BCUT2D eigenvalue weighted by Crippen LogP contribution is -2.06. The number of rotatable bonds is 9. The van der Waals surface area contributed by atoms with E-state index in [4.69, 9.17) is 42.6 Å². The number of aromatic nitrogens is 9. The fourth-order valence-corrected chi connectivity index (χ4v) is 21.7. The van der Waals surface area contributed by atoms with Crippen molar-refractivity contribution in [3.05, 3.63) is 419 Å². The second-order valence-electron chi connectivity index (χ2n) is 34.7. The molecule has 0 amide bonds. The van der Waals surface area contributed by atoms with E-state index in [1.54, 1.807) is 0 Å². The van der Waals surface area contributed by atoms with Gasteiger partial charge in [0.2, 0.25) is 11.9 Å². The summed E-state index contributed by atoms with van der Waals surface area (Å²) in [6.45, 7) is 0. The number of para-hydroxylation sites is 9. The van der Waals surface area contributed by atoms with Gasteiger partial charge in [0.25, 0.3) is 0 Å². The number of hydrogen-bond donors (Lipinski definition) is 0. The Kier molecular flexibility index (Phi) is 15.7. The van der Waals surface area contributed by atoms with E-state index >= 15 is 0 Å². The monoisotopic (exact) mass is 1710 g/mol. The Bertz CT molecular complexity index is 10200. The fraction of sp³-hybridized carbons (Fsp3) is 0. The first-order chi connectivity index (χ1) is 66.5. The third kappa shape index (κ3) is 10.9. The standard InChI is InChI=1S/C61H35N5O2.C60H34N4O2/c1-4-16-36(17-5-1)59-62-60(37-18-6-2-7-19-37)64-61(63-59)66-47-25-13-10-22-41(47)45-34-38(28-31-48(45)66)39-29-32-49-46(35-39)53-44-30-33-52-54(42-23-11-14-26-50(42)67-52)55(44)56-43-24-12-15-27-51(43)68-58(56)57(53)65(49)40-20-8-3-9-21-40;1-3-15-35(16-4-1)57-40-20-7-11-23-46(40)61-60(62-57)64-47-24-12-8-19-39(47)44-33-36(27-30-48(44)64)37-28-31-49-45(34-37)53-43-29-32-52-54(41-21-9-13-25-50(41)65-52)55(43)56-42-22-10-14-26-51(42)66-59(56)58(53)63(49)38-17-5-2-6-18-38/h1-35H;1-34H. The van der Waals surface area contributed by atoms with Crippen LogP contribution in [0.1, 0.15) is 0 Å². The number of benzene rings is 20. The van der Waals surface area contributed by atoms with Gasteiger partial charge in [-0.15, -0.1) is 0 Å². The molecule has 622 valence electrons. The van der Waals surface area contributed by atoms with Crippen molar-refractivity contribution in [3.63, 3.8) is 0 Å². The molecule has 0 saturated carbocycles. The molecule has 0 radical (unpaired) electrons. The Balaban J connectivity index is 0.000000131. The summed E-state index contributed by atoms with van der Waals surface area (Å²) in [5, 5.41) is 23.4. The van der Waals surface area contributed by atoms with Crippen LogP contribution in [0.2, 0.25) is 0 Å². The highest BCUT2D eigenvalue weighted by molar-refractivity contribution is 6.43. The zero-order valence-electron chi connectivity index (χ0n) is 71.5. The topological polar surface area (TPSA) is 137 Å². The Labute approximate surface area is 761 Å². The molecule has 10 aromatic heterocycles. The first kappa shape index (κ1) is 73.7. The third-order valence-corrected chi connectivity index (χ3v) is 27.4. The second-order valence-corrected chi connectivity index (χ2v) is 34.7. The molecule has 0 saturated heterocycles. The maximum absolute atomic E-state index is 7.04. The van der Waals surface area contributed by atoms with Crippen molar-refractivity contribution in [1.29, 1.82) is 0 Å². The van der Waals surface area contributed by atoms with Gasteiger partial charge in [0.05, 0.1) is 55.3 Å². The van der Waals surface area contributed by atoms with E-state index in [0.29, 0.717) is 23.5 Å². The summed E-state index contributed by atoms with van der Waals surface area (Å²) >= 11 is 0. The average molecular weight is 1710 g/mol. The predicted octanol–water partition coefficient (Wildman–Crippen LogP) is 32.1. The number of hydrogen-bond acceptors (Lipinski definition) is 9. The van der Waals surface area contributed by atoms with Crippen LogP contribution in [0.15, 0.2) is 436 Å². The van der Waals surface area contributed by atoms with Gasteiger partial charge in [-0.05, 0) is 173 Å². The van der Waals surface area contributed by atoms with Crippen molar-refractivity contribution in [3.8, 4) is 79.6 Å². The zero-order valence-corrected chi connectivity index (χ0v) is 71.5. The van der Waals surface area contributed by atoms with Crippen molar-refractivity contribution >= 4 is 207 Å². The highest BCUT2D eigenvalue weighted by atomic mass is 16.3. The zero-order chi connectivity index (χ0) is 87.5. The molecule has 0 spiro atoms. The minimum Gasteiger partial charge on any atom is -0.456 e. The van der Waals surface area contributed by atoms with E-state index in [1.807, 2.05) is 91.0 Å². The van der Waals surface area contributed by atoms with Gasteiger partial charge in [-0.1, -0.05) is 279 Å². The Morgan fingerprint density at radius 1 is 0.172 bits per heavy atom. The lowest BCUT2D eigenvalue weighted by atomic mass is 9.94. The van der Waals surface area contributed by atoms with Crippen molar-refractivity contribution < 1.29 is 17.7 Å². The van der Waals surface area contributed by atoms with Gasteiger partial charge in [-0.2, -0.15) is 9.97 Å². The molecule has 0 fully saturated rings. The third-order valence-electron chi connectivity index (χ3n) is 27.4. The molecule has 0 bridgehead atoms. The van der Waals surface area contributed by atoms with E-state index in [0.717, 1.165) is 263 Å². The van der Waals surface area contributed by atoms with E-state index in [-0.39, 0.29) is 0 Å². The summed E-state index contributed by atoms with van der Waals surface area (Å²) in [7, 11) is 0. The maximum Gasteiger partial charge on any atom is 0.238 e. The van der Waals surface area contributed by atoms with Gasteiger partial charge < -0.3 is 26.8 Å². The molecule has 0 N–H and O–H groups in total. The van der Waals surface area contributed by atoms with Crippen LogP contribution in [0.25, 0.3) is 287 Å². The van der Waals surface area contributed by atoms with Crippen LogP contribution in [0.5, 0.6) is 0 Å². The van der Waals surface area contributed by atoms with Gasteiger partial charge in [0.15, 0.2) is 22.8 Å². The van der Waals surface area contributed by atoms with Gasteiger partial charge in [0.1, 0.15) is 33.5 Å². The van der Waals surface area contributed by atoms with Crippen LogP contribution < -0.4 is 0 Å². The maximum atomic E-state index is 7.04. The molecule has 0 aliphatic rings. The van der Waals surface area contributed by atoms with Gasteiger partial charge in [-0.3, -0.25) is 9.13 Å². The lowest BCUT2D eigenvalue weighted by molar-refractivity contribution is 0.668. The Morgan fingerprint density at radius 3 is 0.933 bits per heavy atom. The van der Waals surface area contributed by atoms with Crippen LogP contribution in [0.4, 0.5) is 0 Å². The molecule has 13 heteroatoms. The molecule has 0 unspecified atom stereocenters. The molecule has 134 heavy (non-hydrogen) atoms. The Morgan fingerprint density at radius 2 is 0.500 bits per heavy atom. The molecule has 30 rings (SSSR count). The lowest BCUT2D eigenvalue weighted by Gasteiger charge is -2.12. The van der Waals surface area contributed by atoms with Gasteiger partial charge in [-0.25, -0.2) is 15.0 Å². The first-order valence-electron chi connectivity index (χ1n) is 45.2. The molecule has 13 nitrogen and oxygen atoms in total. The summed E-state index contributed by atoms with van der Waals surface area (Å²) in [5.41, 5.74) is 26.6. The highest BCUT2D eigenvalue weighted by Crippen LogP contribution is 2.54. The van der Waals surface area contributed by atoms with Crippen molar-refractivity contribution in [1.82, 2.24) is 43.2 Å². The van der Waals surface area contributed by atoms with Gasteiger partial charge in [0, 0.05) is 130 Å². The smallest absolute Gasteiger partial charge is 0.238 e. The molecule has 0 atom stereocenters. The van der Waals surface area contributed by atoms with E-state index < -0.39 is 0 Å². The predicted molar refractivity (Wildman–Crippen MR) is 548 cm³/mol. The number of fused-ring (bicyclic) bond motifs is 35. The Hall–Kier alpha value is -18.3. The molecule has 30 aromatic rings. The van der Waals surface area contributed by atoms with Crippen LogP contribution in [-0.2, 0) is 0 Å². The minimum absolute atomic E-state index is 0.565. The van der Waals surface area contributed by atoms with Crippen molar-refractivity contribution in [2.45, 2.75) is 0 Å². The van der Waals surface area contributed by atoms with Crippen LogP contribution >= 0.6 is 0 Å². The summed E-state index contributed by atoms with van der Waals surface area (Å²) < 4.78 is 36.3. The second kappa shape index (κ2) is 28.6. The highest BCUT2D eigenvalue weighted by Gasteiger charge is 2.31. The quantitative estimate of drug-likeness (QED) is 0.138. The fourth-order valence-electron chi connectivity index (χ4n) is 21.7. The molecule has 10 heterocycles. The van der Waals surface area contributed by atoms with Crippen LogP contribution in [0, 0.1) is 0 Å². The average Bonchev–Trinajstić information content (AvgIpc) is 1.52. The summed E-state index contributed by atoms with van der Waals surface area (Å²) in [6, 6.07) is 147. The van der Waals surface area contributed by atoms with Gasteiger partial charge >= 0.3 is 0 Å². The van der Waals surface area contributed by atoms with E-state index in [1.165, 1.54) is 0 Å². The van der Waals surface area contributed by atoms with Crippen LogP contribution in [-0.4, -0.2) is 43.2 Å². The van der Waals surface area contributed by atoms with Crippen molar-refractivity contribution in [2.75, 3.05) is 0 Å². The number of furan rings is 4. The SMILES string of the molecule is c1ccc(-c2nc(-c3ccccc3)nc(-n3c4ccccc4c4cc(-c5ccc6c(c5)c5c7ccc8oc9ccccc9c8c7c7c8ccccc8oc7c5n6-c5ccccc5)ccc43)n2)cc1.c1ccc(-c2nc(-n3c4ccccc4c4cc(-c5ccc6c(c5)c5c7ccc8oc9ccccc9c8c7c7c8ccccc8oc7c5n6-c5ccccc5)ccc43)nc3ccccc23)cc1. The number of nitrogens with zero attached hydrogens (tertiary/aromatic N) is 9. The summed E-state index contributed by atoms with van der Waals surface area (Å²) in [5.74, 6) is 2.45. The first-order valence-corrected chi connectivity index (χ1v) is 45.2. The normalized spacial score (nSPS) is 12.2. The molecule has 20 aromatic carbocycles. The minimum atomic E-state index is 0.565. The summed E-state index contributed by atoms with van der Waals surface area (Å²) in [6.07, 6.45) is 0. The molecular weight excluding hydrogens is 1640 g/mol. The summed E-state index contributed by atoms with van der Waals surface area (Å²) in [4.78, 5) is 25.8.